The zero-order chi connectivity index (χ0) is 31.7. The summed E-state index contributed by atoms with van der Waals surface area (Å²) < 4.78 is 65.2. The Morgan fingerprint density at radius 3 is 2.18 bits per heavy atom. The number of nitrogens with zero attached hydrogens (tertiary/aromatic N) is 6. The van der Waals surface area contributed by atoms with Crippen molar-refractivity contribution in [2.45, 2.75) is 37.3 Å². The maximum Gasteiger partial charge on any atom is 0.490 e. The van der Waals surface area contributed by atoms with Gasteiger partial charge < -0.3 is 24.3 Å². The number of likely N-dealkylation sites (tertiary alicyclic amines) is 1. The molecule has 5 rings (SSSR count). The lowest BCUT2D eigenvalue weighted by atomic mass is 10.2. The maximum absolute atomic E-state index is 12.6. The van der Waals surface area contributed by atoms with Gasteiger partial charge in [-0.15, -0.1) is 0 Å². The Morgan fingerprint density at radius 1 is 0.977 bits per heavy atom. The van der Waals surface area contributed by atoms with Crippen molar-refractivity contribution in [3.63, 3.8) is 0 Å². The second-order valence-corrected chi connectivity index (χ2v) is 12.1. The number of piperazine rings is 1. The molecule has 2 fully saturated rings. The van der Waals surface area contributed by atoms with Gasteiger partial charge in [-0.25, -0.2) is 22.9 Å². The van der Waals surface area contributed by atoms with E-state index in [1.165, 1.54) is 12.8 Å². The predicted octanol–water partition coefficient (Wildman–Crippen LogP) is 3.34. The highest BCUT2D eigenvalue weighted by atomic mass is 32.2. The third-order valence-corrected chi connectivity index (χ3v) is 8.85. The second kappa shape index (κ2) is 14.9. The number of benzene rings is 1. The number of hydrogen-bond acceptors (Lipinski definition) is 10. The minimum atomic E-state index is -5.08. The molecule has 0 bridgehead atoms. The van der Waals surface area contributed by atoms with Gasteiger partial charge in [-0.3, -0.25) is 0 Å². The van der Waals surface area contributed by atoms with Gasteiger partial charge in [0, 0.05) is 50.0 Å². The second-order valence-electron chi connectivity index (χ2n) is 10.4. The topological polar surface area (TPSA) is 145 Å². The van der Waals surface area contributed by atoms with E-state index in [0.717, 1.165) is 70.2 Å². The number of rotatable bonds is 10. The fraction of sp³-hybridized carbons (Fsp3) is 0.500. The van der Waals surface area contributed by atoms with Crippen LogP contribution in [0.3, 0.4) is 0 Å². The first-order valence-electron chi connectivity index (χ1n) is 14.4. The number of carbonyl (C=O) groups is 1. The Labute approximate surface area is 253 Å². The molecule has 2 aromatic heterocycles. The minimum absolute atomic E-state index is 0.219. The van der Waals surface area contributed by atoms with Crippen molar-refractivity contribution < 1.29 is 36.0 Å². The van der Waals surface area contributed by atoms with Gasteiger partial charge in [0.05, 0.1) is 4.90 Å². The average Bonchev–Trinajstić information content (AvgIpc) is 3.73. The molecule has 240 valence electrons. The first kappa shape index (κ1) is 33.3. The summed E-state index contributed by atoms with van der Waals surface area (Å²) in [5.41, 5.74) is 1.42. The maximum atomic E-state index is 12.6. The van der Waals surface area contributed by atoms with Crippen LogP contribution in [0.1, 0.15) is 26.2 Å². The van der Waals surface area contributed by atoms with Crippen LogP contribution < -0.4 is 9.62 Å². The van der Waals surface area contributed by atoms with Gasteiger partial charge in [0.2, 0.25) is 15.8 Å². The molecule has 0 unspecified atom stereocenters. The smallest absolute Gasteiger partial charge is 0.475 e. The van der Waals surface area contributed by atoms with Crippen molar-refractivity contribution in [2.75, 3.05) is 63.8 Å². The lowest BCUT2D eigenvalue weighted by Crippen LogP contribution is -2.46. The highest BCUT2D eigenvalue weighted by molar-refractivity contribution is 7.89. The zero-order valence-electron chi connectivity index (χ0n) is 24.3. The molecule has 2 saturated heterocycles. The lowest BCUT2D eigenvalue weighted by molar-refractivity contribution is -0.192. The molecule has 2 aliphatic rings. The summed E-state index contributed by atoms with van der Waals surface area (Å²) in [6.45, 7) is 10.9. The standard InChI is InChI=1S/C26H35N7O3S.C2HF3O2/c1-2-31-16-18-33(19-17-31)24-11-8-22(20-27-24)25-29-26(36-30-25)21-6-9-23(10-7-21)37(34,35)28-12-5-15-32-13-3-4-14-32;3-2(4,5)1(6)7/h6-11,20,28H,2-5,12-19H2,1H3;(H,6,7). The van der Waals surface area contributed by atoms with Crippen molar-refractivity contribution in [3.8, 4) is 22.8 Å². The SMILES string of the molecule is CCN1CCN(c2ccc(-c3noc(-c4ccc(S(=O)(=O)NCCCN5CCCC5)cc4)n3)cn2)CC1.O=C(O)C(F)(F)F. The van der Waals surface area contributed by atoms with E-state index in [4.69, 9.17) is 14.4 Å². The van der Waals surface area contributed by atoms with Crippen LogP contribution in [0.25, 0.3) is 22.8 Å². The molecular formula is C28H36F3N7O5S. The molecule has 0 amide bonds. The van der Waals surface area contributed by atoms with E-state index < -0.39 is 22.2 Å². The van der Waals surface area contributed by atoms with E-state index in [9.17, 15) is 21.6 Å². The molecule has 2 aliphatic heterocycles. The molecule has 0 spiro atoms. The Morgan fingerprint density at radius 2 is 1.61 bits per heavy atom. The lowest BCUT2D eigenvalue weighted by Gasteiger charge is -2.34. The molecule has 4 heterocycles. The fourth-order valence-electron chi connectivity index (χ4n) is 4.83. The normalized spacial score (nSPS) is 16.5. The Hall–Kier alpha value is -3.60. The number of anilines is 1. The summed E-state index contributed by atoms with van der Waals surface area (Å²) in [6, 6.07) is 10.5. The molecule has 1 aromatic carbocycles. The van der Waals surface area contributed by atoms with Crippen molar-refractivity contribution in [1.82, 2.24) is 29.6 Å². The third kappa shape index (κ3) is 9.20. The van der Waals surface area contributed by atoms with Crippen LogP contribution >= 0.6 is 0 Å². The molecule has 0 radical (unpaired) electrons. The van der Waals surface area contributed by atoms with Crippen molar-refractivity contribution in [3.05, 3.63) is 42.6 Å². The molecule has 0 aliphatic carbocycles. The van der Waals surface area contributed by atoms with Gasteiger partial charge in [0.15, 0.2) is 0 Å². The largest absolute Gasteiger partial charge is 0.490 e. The van der Waals surface area contributed by atoms with Crippen LogP contribution in [-0.4, -0.2) is 109 Å². The molecule has 3 aromatic rings. The molecule has 0 saturated carbocycles. The molecular weight excluding hydrogens is 603 g/mol. The van der Waals surface area contributed by atoms with Crippen LogP contribution in [0.5, 0.6) is 0 Å². The summed E-state index contributed by atoms with van der Waals surface area (Å²) in [4.78, 5) is 25.3. The first-order chi connectivity index (χ1) is 21.0. The first-order valence-corrected chi connectivity index (χ1v) is 15.8. The van der Waals surface area contributed by atoms with Crippen LogP contribution in [0.4, 0.5) is 19.0 Å². The molecule has 12 nitrogen and oxygen atoms in total. The molecule has 44 heavy (non-hydrogen) atoms. The number of likely N-dealkylation sites (N-methyl/N-ethyl adjacent to an activating group) is 1. The number of sulfonamides is 1. The Bertz CT molecular complexity index is 1450. The number of carboxylic acids is 1. The number of pyridine rings is 1. The number of hydrogen-bond donors (Lipinski definition) is 2. The van der Waals surface area contributed by atoms with Gasteiger partial charge in [-0.1, -0.05) is 12.1 Å². The monoisotopic (exact) mass is 639 g/mol. The summed E-state index contributed by atoms with van der Waals surface area (Å²) in [5.74, 6) is -1.03. The summed E-state index contributed by atoms with van der Waals surface area (Å²) >= 11 is 0. The van der Waals surface area contributed by atoms with Crippen LogP contribution in [0, 0.1) is 0 Å². The number of nitrogens with one attached hydrogen (secondary N) is 1. The van der Waals surface area contributed by atoms with Gasteiger partial charge in [0.1, 0.15) is 5.82 Å². The van der Waals surface area contributed by atoms with E-state index in [1.54, 1.807) is 30.5 Å². The number of aromatic nitrogens is 3. The Balaban J connectivity index is 0.000000566. The Kier molecular flexibility index (Phi) is 11.3. The van der Waals surface area contributed by atoms with Crippen LogP contribution in [0.2, 0.25) is 0 Å². The van der Waals surface area contributed by atoms with Gasteiger partial charge in [0.25, 0.3) is 5.89 Å². The van der Waals surface area contributed by atoms with E-state index in [2.05, 4.69) is 41.5 Å². The third-order valence-electron chi connectivity index (χ3n) is 7.37. The minimum Gasteiger partial charge on any atom is -0.475 e. The van der Waals surface area contributed by atoms with E-state index in [-0.39, 0.29) is 4.90 Å². The van der Waals surface area contributed by atoms with Crippen molar-refractivity contribution in [1.29, 1.82) is 0 Å². The van der Waals surface area contributed by atoms with Gasteiger partial charge in [-0.2, -0.15) is 18.2 Å². The molecule has 16 heteroatoms. The van der Waals surface area contributed by atoms with E-state index in [0.29, 0.717) is 23.8 Å². The van der Waals surface area contributed by atoms with Gasteiger partial charge >= 0.3 is 12.1 Å². The van der Waals surface area contributed by atoms with E-state index >= 15 is 0 Å². The predicted molar refractivity (Wildman–Crippen MR) is 156 cm³/mol. The van der Waals surface area contributed by atoms with Crippen LogP contribution in [0.15, 0.2) is 52.0 Å². The van der Waals surface area contributed by atoms with E-state index in [1.807, 2.05) is 12.1 Å². The summed E-state index contributed by atoms with van der Waals surface area (Å²) in [5, 5.41) is 11.2. The average molecular weight is 640 g/mol. The van der Waals surface area contributed by atoms with Crippen molar-refractivity contribution in [2.24, 2.45) is 0 Å². The van der Waals surface area contributed by atoms with Crippen molar-refractivity contribution >= 4 is 21.8 Å². The zero-order valence-corrected chi connectivity index (χ0v) is 25.1. The number of halogens is 3. The molecule has 2 N–H and O–H groups in total. The number of carboxylic acid groups (broad SMARTS) is 1. The highest BCUT2D eigenvalue weighted by Crippen LogP contribution is 2.24. The highest BCUT2D eigenvalue weighted by Gasteiger charge is 2.38. The quantitative estimate of drug-likeness (QED) is 0.315. The number of alkyl halides is 3. The summed E-state index contributed by atoms with van der Waals surface area (Å²) in [7, 11) is -3.56. The fourth-order valence-corrected chi connectivity index (χ4v) is 5.91. The number of aliphatic carboxylic acids is 1. The van der Waals surface area contributed by atoms with Gasteiger partial charge in [-0.05, 0) is 81.8 Å². The summed E-state index contributed by atoms with van der Waals surface area (Å²) in [6.07, 6.45) is -0.0475. The van der Waals surface area contributed by atoms with Crippen LogP contribution in [-0.2, 0) is 14.8 Å². The molecule has 0 atom stereocenters.